The van der Waals surface area contributed by atoms with E-state index in [9.17, 15) is 0 Å². The molecule has 0 unspecified atom stereocenters. The van der Waals surface area contributed by atoms with E-state index in [-0.39, 0.29) is 47.2 Å². The van der Waals surface area contributed by atoms with Crippen molar-refractivity contribution in [1.29, 1.82) is 0 Å². The van der Waals surface area contributed by atoms with Gasteiger partial charge in [-0.2, -0.15) is 9.13 Å². The molecule has 0 bridgehead atoms. The van der Waals surface area contributed by atoms with Gasteiger partial charge in [-0.3, -0.25) is 0 Å². The number of rotatable bonds is 8. The highest BCUT2D eigenvalue weighted by Crippen LogP contribution is 2.12. The van der Waals surface area contributed by atoms with Crippen LogP contribution in [0.5, 0.6) is 0 Å². The van der Waals surface area contributed by atoms with Crippen molar-refractivity contribution in [1.82, 2.24) is 0 Å². The molecule has 0 amide bonds. The summed E-state index contributed by atoms with van der Waals surface area (Å²) in [6, 6.07) is 8.10. The third-order valence-corrected chi connectivity index (χ3v) is 7.58. The van der Waals surface area contributed by atoms with Crippen LogP contribution in [0.2, 0.25) is 0 Å². The Bertz CT molecular complexity index is 1060. The second kappa shape index (κ2) is 16.2. The molecule has 0 radical (unpaired) electrons. The lowest BCUT2D eigenvalue weighted by Gasteiger charge is -1.94. The van der Waals surface area contributed by atoms with Crippen molar-refractivity contribution in [2.24, 2.45) is 0 Å². The van der Waals surface area contributed by atoms with Gasteiger partial charge in [0.1, 0.15) is 0 Å². The summed E-state index contributed by atoms with van der Waals surface area (Å²) < 4.78 is 4.43. The molecule has 1 aromatic carbocycles. The summed E-state index contributed by atoms with van der Waals surface area (Å²) in [5, 5.41) is 18.2. The average Bonchev–Trinajstić information content (AvgIpc) is 3.33. The summed E-state index contributed by atoms with van der Waals surface area (Å²) in [6.45, 7) is 6.33. The molecule has 182 valence electrons. The normalized spacial score (nSPS) is 9.76. The number of nitrogens with zero attached hydrogens (tertiary/aromatic N) is 2. The van der Waals surface area contributed by atoms with Crippen LogP contribution < -0.4 is 43.1 Å². The Labute approximate surface area is 231 Å². The molecule has 3 aromatic rings. The van der Waals surface area contributed by atoms with Crippen LogP contribution in [-0.2, 0) is 25.9 Å². The minimum atomic E-state index is 0. The maximum atomic E-state index is 9.11. The molecule has 2 N–H and O–H groups in total. The Morgan fingerprint density at radius 2 is 1.09 bits per heavy atom. The van der Waals surface area contributed by atoms with Crippen LogP contribution in [0.1, 0.15) is 45.1 Å². The first-order chi connectivity index (χ1) is 15.6. The molecule has 0 fully saturated rings. The quantitative estimate of drug-likeness (QED) is 0.207. The summed E-state index contributed by atoms with van der Waals surface area (Å²) >= 11 is 3.40. The summed E-state index contributed by atoms with van der Waals surface area (Å²) in [7, 11) is 0. The van der Waals surface area contributed by atoms with Gasteiger partial charge in [0, 0.05) is 51.0 Å². The standard InChI is InChI=1S/C26H30N2O2S2.2BrH/c1-21-25(13-17-29)31-19-27(21)15-5-3-7-23-9-11-24(12-10-23)8-4-6-16-28-20-32-26(14-18-30)22(28)2;;/h9-12,19-20,29-30H,5-6,13-18H2,1-2H3;2*1H/q+2;;/p-2. The van der Waals surface area contributed by atoms with Gasteiger partial charge in [0.2, 0.25) is 11.0 Å². The molecule has 0 aliphatic carbocycles. The fourth-order valence-electron chi connectivity index (χ4n) is 3.35. The fourth-order valence-corrected chi connectivity index (χ4v) is 5.38. The molecule has 3 rings (SSSR count). The molecular weight excluding hydrogens is 596 g/mol. The largest absolute Gasteiger partial charge is 1.00 e. The van der Waals surface area contributed by atoms with Gasteiger partial charge in [-0.25, -0.2) is 0 Å². The minimum absolute atomic E-state index is 0. The number of aliphatic hydroxyl groups is 2. The number of thiazole rings is 2. The van der Waals surface area contributed by atoms with Crippen molar-refractivity contribution < 1.29 is 53.3 Å². The van der Waals surface area contributed by atoms with Gasteiger partial charge < -0.3 is 44.2 Å². The zero-order valence-electron chi connectivity index (χ0n) is 19.5. The monoisotopic (exact) mass is 624 g/mol. The molecule has 8 heteroatoms. The molecule has 0 saturated heterocycles. The molecule has 0 aliphatic heterocycles. The van der Waals surface area contributed by atoms with Crippen LogP contribution in [-0.4, -0.2) is 23.4 Å². The van der Waals surface area contributed by atoms with Crippen LogP contribution in [0.25, 0.3) is 0 Å². The fraction of sp³-hybridized carbons (Fsp3) is 0.385. The molecule has 0 saturated carbocycles. The van der Waals surface area contributed by atoms with Crippen molar-refractivity contribution >= 4 is 22.7 Å². The van der Waals surface area contributed by atoms with E-state index in [1.807, 2.05) is 24.3 Å². The molecule has 4 nitrogen and oxygen atoms in total. The van der Waals surface area contributed by atoms with Gasteiger partial charge in [-0.1, -0.05) is 46.4 Å². The predicted molar refractivity (Wildman–Crippen MR) is 130 cm³/mol. The van der Waals surface area contributed by atoms with E-state index in [0.29, 0.717) is 0 Å². The summed E-state index contributed by atoms with van der Waals surface area (Å²) in [4.78, 5) is 2.49. The average molecular weight is 626 g/mol. The van der Waals surface area contributed by atoms with Crippen LogP contribution in [0.15, 0.2) is 35.3 Å². The smallest absolute Gasteiger partial charge is 0.225 e. The molecule has 34 heavy (non-hydrogen) atoms. The van der Waals surface area contributed by atoms with Crippen LogP contribution >= 0.6 is 22.7 Å². The minimum Gasteiger partial charge on any atom is -1.00 e. The molecular formula is C26H30Br2N2O2S2. The number of aliphatic hydroxyl groups excluding tert-OH is 2. The van der Waals surface area contributed by atoms with Gasteiger partial charge in [0.25, 0.3) is 0 Å². The second-order valence-electron chi connectivity index (χ2n) is 7.48. The van der Waals surface area contributed by atoms with Crippen molar-refractivity contribution in [2.75, 3.05) is 13.2 Å². The van der Waals surface area contributed by atoms with E-state index in [1.54, 1.807) is 22.7 Å². The Morgan fingerprint density at radius 1 is 0.706 bits per heavy atom. The van der Waals surface area contributed by atoms with Crippen molar-refractivity contribution in [3.63, 3.8) is 0 Å². The number of aromatic nitrogens is 2. The molecule has 2 heterocycles. The first-order valence-electron chi connectivity index (χ1n) is 10.8. The van der Waals surface area contributed by atoms with Gasteiger partial charge in [-0.05, 0) is 24.3 Å². The van der Waals surface area contributed by atoms with Gasteiger partial charge in [0.15, 0.2) is 24.5 Å². The van der Waals surface area contributed by atoms with Gasteiger partial charge in [-0.15, -0.1) is 0 Å². The lowest BCUT2D eigenvalue weighted by Crippen LogP contribution is -3.00. The van der Waals surface area contributed by atoms with Crippen LogP contribution in [0.3, 0.4) is 0 Å². The predicted octanol–water partition coefficient (Wildman–Crippen LogP) is -3.04. The summed E-state index contributed by atoms with van der Waals surface area (Å²) in [5.41, 5.74) is 8.69. The summed E-state index contributed by atoms with van der Waals surface area (Å²) in [5.74, 6) is 13.0. The topological polar surface area (TPSA) is 48.2 Å². The molecule has 0 spiro atoms. The van der Waals surface area contributed by atoms with E-state index in [4.69, 9.17) is 10.2 Å². The zero-order valence-corrected chi connectivity index (χ0v) is 24.3. The third-order valence-electron chi connectivity index (χ3n) is 5.30. The number of hydrogen-bond donors (Lipinski definition) is 2. The first-order valence-corrected chi connectivity index (χ1v) is 12.6. The Hall–Kier alpha value is -1.52. The lowest BCUT2D eigenvalue weighted by molar-refractivity contribution is -0.697. The van der Waals surface area contributed by atoms with Crippen molar-refractivity contribution in [3.05, 3.63) is 67.6 Å². The zero-order chi connectivity index (χ0) is 22.8. The first kappa shape index (κ1) is 30.5. The van der Waals surface area contributed by atoms with E-state index in [2.05, 4.69) is 57.7 Å². The van der Waals surface area contributed by atoms with Crippen LogP contribution in [0.4, 0.5) is 0 Å². The van der Waals surface area contributed by atoms with Gasteiger partial charge in [0.05, 0.1) is 22.6 Å². The SMILES string of the molecule is Cc1c(CCO)sc[n+]1CCC#Cc1ccc(C#CCC[n+]2csc(CCO)c2C)cc1.[Br-].[Br-]. The highest BCUT2D eigenvalue weighted by atomic mass is 79.9. The number of aryl methyl sites for hydroxylation is 2. The van der Waals surface area contributed by atoms with E-state index >= 15 is 0 Å². The Balaban J connectivity index is 0.00000289. The van der Waals surface area contributed by atoms with Crippen molar-refractivity contribution in [2.45, 2.75) is 52.6 Å². The molecule has 0 aliphatic rings. The van der Waals surface area contributed by atoms with E-state index < -0.39 is 0 Å². The summed E-state index contributed by atoms with van der Waals surface area (Å²) in [6.07, 6.45) is 3.04. The van der Waals surface area contributed by atoms with E-state index in [0.717, 1.165) is 49.9 Å². The van der Waals surface area contributed by atoms with Crippen molar-refractivity contribution in [3.8, 4) is 23.7 Å². The maximum absolute atomic E-state index is 9.11. The third kappa shape index (κ3) is 8.92. The van der Waals surface area contributed by atoms with Crippen LogP contribution in [0, 0.1) is 37.5 Å². The van der Waals surface area contributed by atoms with E-state index in [1.165, 1.54) is 21.1 Å². The second-order valence-corrected chi connectivity index (χ2v) is 9.36. The molecule has 2 aromatic heterocycles. The lowest BCUT2D eigenvalue weighted by atomic mass is 10.1. The number of benzene rings is 1. The molecule has 0 atom stereocenters. The number of hydrogen-bond acceptors (Lipinski definition) is 4. The highest BCUT2D eigenvalue weighted by Gasteiger charge is 2.14. The highest BCUT2D eigenvalue weighted by molar-refractivity contribution is 7.09. The maximum Gasteiger partial charge on any atom is 0.225 e. The number of halogens is 2. The Morgan fingerprint density at radius 3 is 1.44 bits per heavy atom. The van der Waals surface area contributed by atoms with Gasteiger partial charge >= 0.3 is 0 Å². The Kier molecular flexibility index (Phi) is 14.5.